The molecule has 0 aliphatic rings. The molecule has 0 saturated carbocycles. The molecular weight excluding hydrogens is 198 g/mol. The van der Waals surface area contributed by atoms with Crippen LogP contribution in [0.2, 0.25) is 0 Å². The predicted molar refractivity (Wildman–Crippen MR) is 56.3 cm³/mol. The summed E-state index contributed by atoms with van der Waals surface area (Å²) in [6, 6.07) is -0.970. The first-order valence-corrected chi connectivity index (χ1v) is 4.89. The van der Waals surface area contributed by atoms with Crippen LogP contribution in [0, 0.1) is 5.92 Å². The molecule has 88 valence electrons. The number of carboxylic acids is 1. The highest BCUT2D eigenvalue weighted by Gasteiger charge is 2.10. The molecular formula is C9H19N3O3. The molecule has 0 aromatic carbocycles. The van der Waals surface area contributed by atoms with E-state index in [1.807, 2.05) is 13.8 Å². The molecule has 1 amide bonds. The molecule has 0 aromatic heterocycles. The largest absolute Gasteiger partial charge is 0.480 e. The molecule has 0 heterocycles. The SMILES string of the molecule is CC(C)CNC(=O)CNCC(N)C(=O)O. The van der Waals surface area contributed by atoms with E-state index in [4.69, 9.17) is 10.8 Å². The van der Waals surface area contributed by atoms with E-state index in [2.05, 4.69) is 10.6 Å². The van der Waals surface area contributed by atoms with Gasteiger partial charge in [-0.25, -0.2) is 0 Å². The fraction of sp³-hybridized carbons (Fsp3) is 0.778. The third-order valence-electron chi connectivity index (χ3n) is 1.67. The molecule has 5 N–H and O–H groups in total. The molecule has 0 fully saturated rings. The normalized spacial score (nSPS) is 12.5. The van der Waals surface area contributed by atoms with Crippen molar-refractivity contribution in [1.82, 2.24) is 10.6 Å². The molecule has 1 unspecified atom stereocenters. The molecule has 6 nitrogen and oxygen atoms in total. The van der Waals surface area contributed by atoms with Crippen molar-refractivity contribution in [3.63, 3.8) is 0 Å². The molecule has 6 heteroatoms. The number of carbonyl (C=O) groups is 2. The van der Waals surface area contributed by atoms with E-state index in [0.29, 0.717) is 12.5 Å². The van der Waals surface area contributed by atoms with Crippen molar-refractivity contribution in [3.05, 3.63) is 0 Å². The van der Waals surface area contributed by atoms with Crippen LogP contribution in [-0.4, -0.2) is 42.7 Å². The summed E-state index contributed by atoms with van der Waals surface area (Å²) in [5.41, 5.74) is 5.23. The Balaban J connectivity index is 3.51. The van der Waals surface area contributed by atoms with Crippen molar-refractivity contribution in [2.75, 3.05) is 19.6 Å². The van der Waals surface area contributed by atoms with Crippen LogP contribution in [0.4, 0.5) is 0 Å². The molecule has 0 saturated heterocycles. The van der Waals surface area contributed by atoms with Crippen LogP contribution in [0.1, 0.15) is 13.8 Å². The van der Waals surface area contributed by atoms with Gasteiger partial charge in [-0.15, -0.1) is 0 Å². The molecule has 0 aliphatic heterocycles. The van der Waals surface area contributed by atoms with Crippen LogP contribution in [0.25, 0.3) is 0 Å². The molecule has 0 aromatic rings. The lowest BCUT2D eigenvalue weighted by Gasteiger charge is -2.10. The summed E-state index contributed by atoms with van der Waals surface area (Å²) >= 11 is 0. The lowest BCUT2D eigenvalue weighted by atomic mass is 10.2. The van der Waals surface area contributed by atoms with Gasteiger partial charge in [-0.1, -0.05) is 13.8 Å². The zero-order chi connectivity index (χ0) is 11.8. The van der Waals surface area contributed by atoms with Gasteiger partial charge in [-0.3, -0.25) is 9.59 Å². The second kappa shape index (κ2) is 7.19. The Morgan fingerprint density at radius 3 is 2.40 bits per heavy atom. The van der Waals surface area contributed by atoms with Crippen molar-refractivity contribution in [1.29, 1.82) is 0 Å². The summed E-state index contributed by atoms with van der Waals surface area (Å²) < 4.78 is 0. The van der Waals surface area contributed by atoms with Gasteiger partial charge in [0.2, 0.25) is 5.91 Å². The summed E-state index contributed by atoms with van der Waals surface area (Å²) in [6.45, 7) is 4.78. The third kappa shape index (κ3) is 7.90. The van der Waals surface area contributed by atoms with Crippen LogP contribution in [0.3, 0.4) is 0 Å². The highest BCUT2D eigenvalue weighted by molar-refractivity contribution is 5.78. The van der Waals surface area contributed by atoms with E-state index in [-0.39, 0.29) is 19.0 Å². The molecule has 0 aliphatic carbocycles. The standard InChI is InChI=1S/C9H19N3O3/c1-6(2)3-12-8(13)5-11-4-7(10)9(14)15/h6-7,11H,3-5,10H2,1-2H3,(H,12,13)(H,14,15). The maximum atomic E-state index is 11.1. The van der Waals surface area contributed by atoms with Gasteiger partial charge in [0, 0.05) is 13.1 Å². The summed E-state index contributed by atoms with van der Waals surface area (Å²) in [5.74, 6) is -0.832. The first-order valence-electron chi connectivity index (χ1n) is 4.89. The molecule has 15 heavy (non-hydrogen) atoms. The Hall–Kier alpha value is -1.14. The van der Waals surface area contributed by atoms with E-state index < -0.39 is 12.0 Å². The van der Waals surface area contributed by atoms with Crippen LogP contribution in [0.15, 0.2) is 0 Å². The van der Waals surface area contributed by atoms with Crippen LogP contribution >= 0.6 is 0 Å². The predicted octanol–water partition coefficient (Wildman–Crippen LogP) is -1.24. The minimum atomic E-state index is -1.08. The number of carboxylic acid groups (broad SMARTS) is 1. The Morgan fingerprint density at radius 1 is 1.33 bits per heavy atom. The lowest BCUT2D eigenvalue weighted by molar-refractivity contribution is -0.138. The summed E-state index contributed by atoms with van der Waals surface area (Å²) in [4.78, 5) is 21.5. The highest BCUT2D eigenvalue weighted by atomic mass is 16.4. The van der Waals surface area contributed by atoms with Crippen molar-refractivity contribution in [2.45, 2.75) is 19.9 Å². The number of nitrogens with one attached hydrogen (secondary N) is 2. The van der Waals surface area contributed by atoms with Crippen LogP contribution in [-0.2, 0) is 9.59 Å². The zero-order valence-corrected chi connectivity index (χ0v) is 9.12. The monoisotopic (exact) mass is 217 g/mol. The van der Waals surface area contributed by atoms with Crippen molar-refractivity contribution >= 4 is 11.9 Å². The molecule has 0 spiro atoms. The molecule has 0 rings (SSSR count). The number of hydrogen-bond acceptors (Lipinski definition) is 4. The van der Waals surface area contributed by atoms with Gasteiger partial charge in [0.15, 0.2) is 0 Å². The van der Waals surface area contributed by atoms with Gasteiger partial charge in [-0.2, -0.15) is 0 Å². The average molecular weight is 217 g/mol. The average Bonchev–Trinajstić information content (AvgIpc) is 2.14. The van der Waals surface area contributed by atoms with Gasteiger partial charge in [-0.05, 0) is 5.92 Å². The number of rotatable bonds is 7. The van der Waals surface area contributed by atoms with E-state index >= 15 is 0 Å². The fourth-order valence-corrected chi connectivity index (χ4v) is 0.809. The van der Waals surface area contributed by atoms with E-state index in [0.717, 1.165) is 0 Å². The fourth-order valence-electron chi connectivity index (χ4n) is 0.809. The Bertz CT molecular complexity index is 219. The van der Waals surface area contributed by atoms with Crippen LogP contribution in [0.5, 0.6) is 0 Å². The minimum Gasteiger partial charge on any atom is -0.480 e. The van der Waals surface area contributed by atoms with E-state index in [1.165, 1.54) is 0 Å². The second-order valence-corrected chi connectivity index (χ2v) is 3.77. The smallest absolute Gasteiger partial charge is 0.321 e. The molecule has 1 atom stereocenters. The summed E-state index contributed by atoms with van der Waals surface area (Å²) in [5, 5.41) is 13.8. The first-order chi connectivity index (χ1) is 6.93. The van der Waals surface area contributed by atoms with Crippen molar-refractivity contribution < 1.29 is 14.7 Å². The Morgan fingerprint density at radius 2 is 1.93 bits per heavy atom. The Labute approximate surface area is 89.2 Å². The maximum absolute atomic E-state index is 11.1. The highest BCUT2D eigenvalue weighted by Crippen LogP contribution is 1.86. The first kappa shape index (κ1) is 13.9. The van der Waals surface area contributed by atoms with Gasteiger partial charge in [0.1, 0.15) is 6.04 Å². The topological polar surface area (TPSA) is 104 Å². The van der Waals surface area contributed by atoms with Crippen molar-refractivity contribution in [2.24, 2.45) is 11.7 Å². The Kier molecular flexibility index (Phi) is 6.64. The van der Waals surface area contributed by atoms with Gasteiger partial charge in [0.25, 0.3) is 0 Å². The maximum Gasteiger partial charge on any atom is 0.321 e. The van der Waals surface area contributed by atoms with Gasteiger partial charge >= 0.3 is 5.97 Å². The molecule has 0 bridgehead atoms. The van der Waals surface area contributed by atoms with E-state index in [1.54, 1.807) is 0 Å². The number of carbonyl (C=O) groups excluding carboxylic acids is 1. The zero-order valence-electron chi connectivity index (χ0n) is 9.12. The number of nitrogens with two attached hydrogens (primary N) is 1. The number of hydrogen-bond donors (Lipinski definition) is 4. The number of amides is 1. The number of aliphatic carboxylic acids is 1. The second-order valence-electron chi connectivity index (χ2n) is 3.77. The van der Waals surface area contributed by atoms with Gasteiger partial charge in [0.05, 0.1) is 6.54 Å². The summed E-state index contributed by atoms with van der Waals surface area (Å²) in [6.07, 6.45) is 0. The minimum absolute atomic E-state index is 0.0877. The lowest BCUT2D eigenvalue weighted by Crippen LogP contribution is -2.44. The summed E-state index contributed by atoms with van der Waals surface area (Å²) in [7, 11) is 0. The third-order valence-corrected chi connectivity index (χ3v) is 1.67. The van der Waals surface area contributed by atoms with Crippen LogP contribution < -0.4 is 16.4 Å². The van der Waals surface area contributed by atoms with E-state index in [9.17, 15) is 9.59 Å². The van der Waals surface area contributed by atoms with Gasteiger partial charge < -0.3 is 21.5 Å². The molecule has 0 radical (unpaired) electrons. The quantitative estimate of drug-likeness (QED) is 0.427. The van der Waals surface area contributed by atoms with Crippen molar-refractivity contribution in [3.8, 4) is 0 Å².